The van der Waals surface area contributed by atoms with Crippen molar-refractivity contribution in [1.82, 2.24) is 0 Å². The van der Waals surface area contributed by atoms with Crippen LogP contribution < -0.4 is 4.90 Å². The highest BCUT2D eigenvalue weighted by Crippen LogP contribution is 2.33. The zero-order chi connectivity index (χ0) is 12.9. The van der Waals surface area contributed by atoms with Crippen LogP contribution in [0.25, 0.3) is 0 Å². The topological polar surface area (TPSA) is 12.5 Å². The largest absolute Gasteiger partial charge is 0.378 e. The number of anilines is 1. The molecule has 0 aliphatic rings. The van der Waals surface area contributed by atoms with Gasteiger partial charge < -0.3 is 9.64 Å². The van der Waals surface area contributed by atoms with Crippen LogP contribution in [0.3, 0.4) is 0 Å². The van der Waals surface area contributed by atoms with E-state index in [1.54, 1.807) is 0 Å². The van der Waals surface area contributed by atoms with Gasteiger partial charge in [-0.2, -0.15) is 0 Å². The zero-order valence-corrected chi connectivity index (χ0v) is 11.8. The average Bonchev–Trinajstić information content (AvgIpc) is 2.36. The first-order valence-corrected chi connectivity index (χ1v) is 6.51. The van der Waals surface area contributed by atoms with Crippen LogP contribution >= 0.6 is 0 Å². The predicted octanol–water partition coefficient (Wildman–Crippen LogP) is 3.80. The molecule has 0 radical (unpaired) electrons. The van der Waals surface area contributed by atoms with E-state index in [1.807, 2.05) is 0 Å². The fourth-order valence-electron chi connectivity index (χ4n) is 2.29. The van der Waals surface area contributed by atoms with E-state index in [2.05, 4.69) is 64.0 Å². The second-order valence-electron chi connectivity index (χ2n) is 4.58. The molecule has 0 saturated heterocycles. The molecule has 0 aliphatic heterocycles. The number of hydrogen-bond acceptors (Lipinski definition) is 2. The smallest absolute Gasteiger partial charge is 0.0925 e. The molecule has 0 amide bonds. The highest BCUT2D eigenvalue weighted by Gasteiger charge is 2.28. The molecule has 2 nitrogen and oxygen atoms in total. The third kappa shape index (κ3) is 3.01. The summed E-state index contributed by atoms with van der Waals surface area (Å²) in [7, 11) is 4.12. The summed E-state index contributed by atoms with van der Waals surface area (Å²) in [5.41, 5.74) is 2.40. The molecular weight excluding hydrogens is 210 g/mol. The molecule has 0 spiro atoms. The first-order chi connectivity index (χ1) is 8.09. The van der Waals surface area contributed by atoms with E-state index in [-0.39, 0.29) is 5.60 Å². The summed E-state index contributed by atoms with van der Waals surface area (Å²) in [4.78, 5) is 2.12. The van der Waals surface area contributed by atoms with Gasteiger partial charge >= 0.3 is 0 Å². The summed E-state index contributed by atoms with van der Waals surface area (Å²) in [5, 5.41) is 0. The second kappa shape index (κ2) is 6.06. The molecule has 0 saturated carbocycles. The van der Waals surface area contributed by atoms with Crippen molar-refractivity contribution in [2.24, 2.45) is 0 Å². The van der Waals surface area contributed by atoms with Gasteiger partial charge in [0.1, 0.15) is 0 Å². The van der Waals surface area contributed by atoms with Crippen molar-refractivity contribution < 1.29 is 4.74 Å². The summed E-state index contributed by atoms with van der Waals surface area (Å²) >= 11 is 0. The molecule has 0 aromatic heterocycles. The van der Waals surface area contributed by atoms with Gasteiger partial charge in [-0.25, -0.2) is 0 Å². The first kappa shape index (κ1) is 14.0. The van der Waals surface area contributed by atoms with Crippen LogP contribution in [0, 0.1) is 0 Å². The van der Waals surface area contributed by atoms with Crippen molar-refractivity contribution in [2.45, 2.75) is 39.2 Å². The Morgan fingerprint density at radius 2 is 1.53 bits per heavy atom. The van der Waals surface area contributed by atoms with Crippen molar-refractivity contribution in [3.63, 3.8) is 0 Å². The molecule has 0 atom stereocenters. The van der Waals surface area contributed by atoms with E-state index in [1.165, 1.54) is 11.3 Å². The summed E-state index contributed by atoms with van der Waals surface area (Å²) in [6.07, 6.45) is 2.03. The maximum atomic E-state index is 6.00. The first-order valence-electron chi connectivity index (χ1n) is 6.51. The van der Waals surface area contributed by atoms with Crippen molar-refractivity contribution >= 4 is 5.69 Å². The summed E-state index contributed by atoms with van der Waals surface area (Å²) < 4.78 is 6.00. The molecule has 1 rings (SSSR count). The van der Waals surface area contributed by atoms with Crippen molar-refractivity contribution in [3.8, 4) is 0 Å². The zero-order valence-electron chi connectivity index (χ0n) is 11.8. The van der Waals surface area contributed by atoms with Crippen LogP contribution in [0.4, 0.5) is 5.69 Å². The third-order valence-corrected chi connectivity index (χ3v) is 3.47. The minimum atomic E-state index is -0.112. The average molecular weight is 235 g/mol. The molecule has 2 heteroatoms. The SMILES string of the molecule is CCOC(CC)(CC)c1ccc(N(C)C)cc1. The van der Waals surface area contributed by atoms with Gasteiger partial charge in [0.2, 0.25) is 0 Å². The molecule has 0 bridgehead atoms. The Hall–Kier alpha value is -1.02. The van der Waals surface area contributed by atoms with Gasteiger partial charge in [-0.1, -0.05) is 26.0 Å². The highest BCUT2D eigenvalue weighted by atomic mass is 16.5. The van der Waals surface area contributed by atoms with Gasteiger partial charge in [0.25, 0.3) is 0 Å². The lowest BCUT2D eigenvalue weighted by Crippen LogP contribution is -2.28. The third-order valence-electron chi connectivity index (χ3n) is 3.47. The molecule has 1 aromatic carbocycles. The maximum Gasteiger partial charge on any atom is 0.0925 e. The number of rotatable bonds is 6. The molecule has 1 aromatic rings. The number of hydrogen-bond donors (Lipinski definition) is 0. The predicted molar refractivity (Wildman–Crippen MR) is 74.7 cm³/mol. The summed E-state index contributed by atoms with van der Waals surface area (Å²) in [5.74, 6) is 0. The van der Waals surface area contributed by atoms with E-state index in [4.69, 9.17) is 4.74 Å². The van der Waals surface area contributed by atoms with Crippen LogP contribution in [-0.2, 0) is 10.3 Å². The Balaban J connectivity index is 3.02. The summed E-state index contributed by atoms with van der Waals surface area (Å²) in [6.45, 7) is 7.21. The maximum absolute atomic E-state index is 6.00. The Morgan fingerprint density at radius 3 is 1.88 bits per heavy atom. The minimum Gasteiger partial charge on any atom is -0.378 e. The molecule has 0 heterocycles. The lowest BCUT2D eigenvalue weighted by molar-refractivity contribution is -0.0505. The summed E-state index contributed by atoms with van der Waals surface area (Å²) in [6, 6.07) is 8.71. The quantitative estimate of drug-likeness (QED) is 0.743. The van der Waals surface area contributed by atoms with Gasteiger partial charge in [0, 0.05) is 26.4 Å². The lowest BCUT2D eigenvalue weighted by Gasteiger charge is -2.32. The van der Waals surface area contributed by atoms with Crippen molar-refractivity contribution in [2.75, 3.05) is 25.6 Å². The highest BCUT2D eigenvalue weighted by molar-refractivity contribution is 5.47. The number of ether oxygens (including phenoxy) is 1. The molecule has 0 N–H and O–H groups in total. The van der Waals surface area contributed by atoms with Crippen LogP contribution in [-0.4, -0.2) is 20.7 Å². The van der Waals surface area contributed by atoms with Gasteiger partial charge in [-0.05, 0) is 37.5 Å². The van der Waals surface area contributed by atoms with Crippen LogP contribution in [0.5, 0.6) is 0 Å². The molecule has 0 aliphatic carbocycles. The fraction of sp³-hybridized carbons (Fsp3) is 0.600. The van der Waals surface area contributed by atoms with Gasteiger partial charge in [-0.3, -0.25) is 0 Å². The van der Waals surface area contributed by atoms with E-state index in [0.717, 1.165) is 19.4 Å². The van der Waals surface area contributed by atoms with E-state index in [0.29, 0.717) is 0 Å². The second-order valence-corrected chi connectivity index (χ2v) is 4.58. The minimum absolute atomic E-state index is 0.112. The van der Waals surface area contributed by atoms with Crippen LogP contribution in [0.15, 0.2) is 24.3 Å². The molecule has 0 fully saturated rings. The van der Waals surface area contributed by atoms with E-state index < -0.39 is 0 Å². The van der Waals surface area contributed by atoms with Gasteiger partial charge in [0.05, 0.1) is 5.60 Å². The van der Waals surface area contributed by atoms with Crippen LogP contribution in [0.1, 0.15) is 39.2 Å². The van der Waals surface area contributed by atoms with Crippen molar-refractivity contribution in [1.29, 1.82) is 0 Å². The van der Waals surface area contributed by atoms with E-state index in [9.17, 15) is 0 Å². The monoisotopic (exact) mass is 235 g/mol. The van der Waals surface area contributed by atoms with Crippen molar-refractivity contribution in [3.05, 3.63) is 29.8 Å². The lowest BCUT2D eigenvalue weighted by atomic mass is 9.88. The molecular formula is C15H25NO. The molecule has 96 valence electrons. The number of nitrogens with zero attached hydrogens (tertiary/aromatic N) is 1. The Labute approximate surface area is 106 Å². The Morgan fingerprint density at radius 1 is 1.00 bits per heavy atom. The Kier molecular flexibility index (Phi) is 5.01. The number of benzene rings is 1. The fourth-order valence-corrected chi connectivity index (χ4v) is 2.29. The standard InChI is InChI=1S/C15H25NO/c1-6-15(7-2,17-8-3)13-9-11-14(12-10-13)16(4)5/h9-12H,6-8H2,1-5H3. The molecule has 17 heavy (non-hydrogen) atoms. The van der Waals surface area contributed by atoms with Gasteiger partial charge in [-0.15, -0.1) is 0 Å². The normalized spacial score (nSPS) is 11.6. The van der Waals surface area contributed by atoms with Crippen LogP contribution in [0.2, 0.25) is 0 Å². The Bertz CT molecular complexity index is 325. The van der Waals surface area contributed by atoms with Gasteiger partial charge in [0.15, 0.2) is 0 Å². The molecule has 0 unspecified atom stereocenters. The van der Waals surface area contributed by atoms with E-state index >= 15 is 0 Å².